The number of hydrogen-bond donors (Lipinski definition) is 0. The van der Waals surface area contributed by atoms with Gasteiger partial charge in [0, 0.05) is 17.6 Å². The molecule has 1 aliphatic rings. The molecular formula is C30H28N2O2. The first kappa shape index (κ1) is 20.8. The summed E-state index contributed by atoms with van der Waals surface area (Å²) in [5.74, 6) is 2.24. The van der Waals surface area contributed by atoms with Crippen LogP contribution in [0.4, 0.5) is 17.3 Å². The molecule has 0 N–H and O–H groups in total. The van der Waals surface area contributed by atoms with Crippen molar-refractivity contribution in [2.75, 3.05) is 4.90 Å². The molecule has 170 valence electrons. The number of pyridine rings is 1. The lowest BCUT2D eigenvalue weighted by Crippen LogP contribution is -2.18. The highest BCUT2D eigenvalue weighted by Gasteiger charge is 2.34. The fraction of sp³-hybridized carbons (Fsp3) is 0.233. The van der Waals surface area contributed by atoms with E-state index >= 15 is 0 Å². The molecule has 3 heterocycles. The van der Waals surface area contributed by atoms with Crippen molar-refractivity contribution < 1.29 is 9.15 Å². The molecule has 0 atom stereocenters. The van der Waals surface area contributed by atoms with Crippen LogP contribution in [0.1, 0.15) is 43.0 Å². The van der Waals surface area contributed by atoms with E-state index in [9.17, 15) is 0 Å². The molecule has 0 spiro atoms. The third kappa shape index (κ3) is 3.09. The summed E-state index contributed by atoms with van der Waals surface area (Å²) in [6.07, 6.45) is 1.82. The average molecular weight is 449 g/mol. The molecule has 0 radical (unpaired) electrons. The lowest BCUT2D eigenvalue weighted by Gasteiger charge is -2.33. The maximum Gasteiger partial charge on any atom is 0.249 e. The first-order valence-electron chi connectivity index (χ1n) is 11.7. The van der Waals surface area contributed by atoms with Gasteiger partial charge >= 0.3 is 0 Å². The highest BCUT2D eigenvalue weighted by Crippen LogP contribution is 2.56. The Hall–Kier alpha value is -3.79. The fourth-order valence-corrected chi connectivity index (χ4v) is 4.95. The average Bonchev–Trinajstić information content (AvgIpc) is 3.13. The lowest BCUT2D eigenvalue weighted by atomic mass is 9.84. The molecule has 2 aromatic heterocycles. The van der Waals surface area contributed by atoms with Gasteiger partial charge in [0.2, 0.25) is 5.88 Å². The number of benzene rings is 3. The number of anilines is 3. The third-order valence-electron chi connectivity index (χ3n) is 6.70. The van der Waals surface area contributed by atoms with Crippen LogP contribution in [0.15, 0.2) is 65.2 Å². The largest absolute Gasteiger partial charge is 0.449 e. The van der Waals surface area contributed by atoms with E-state index in [2.05, 4.69) is 87.8 Å². The number of fused-ring (bicyclic) bond motifs is 5. The number of ether oxygens (including phenoxy) is 1. The zero-order valence-corrected chi connectivity index (χ0v) is 20.5. The van der Waals surface area contributed by atoms with Gasteiger partial charge in [-0.2, -0.15) is 0 Å². The Balaban J connectivity index is 1.68. The Labute approximate surface area is 199 Å². The Morgan fingerprint density at radius 3 is 2.38 bits per heavy atom. The minimum Gasteiger partial charge on any atom is -0.449 e. The van der Waals surface area contributed by atoms with E-state index in [0.29, 0.717) is 5.88 Å². The van der Waals surface area contributed by atoms with Crippen molar-refractivity contribution >= 4 is 39.1 Å². The molecule has 3 aromatic carbocycles. The van der Waals surface area contributed by atoms with Crippen LogP contribution in [-0.4, -0.2) is 4.98 Å². The normalized spacial score (nSPS) is 13.2. The topological polar surface area (TPSA) is 38.5 Å². The summed E-state index contributed by atoms with van der Waals surface area (Å²) in [5, 5.41) is 2.04. The Morgan fingerprint density at radius 1 is 0.882 bits per heavy atom. The maximum atomic E-state index is 6.53. The minimum absolute atomic E-state index is 0.0703. The summed E-state index contributed by atoms with van der Waals surface area (Å²) >= 11 is 0. The van der Waals surface area contributed by atoms with Crippen molar-refractivity contribution in [1.29, 1.82) is 0 Å². The summed E-state index contributed by atoms with van der Waals surface area (Å²) in [7, 11) is 0. The molecule has 34 heavy (non-hydrogen) atoms. The Morgan fingerprint density at radius 2 is 1.65 bits per heavy atom. The lowest BCUT2D eigenvalue weighted by molar-refractivity contribution is 0.464. The maximum absolute atomic E-state index is 6.53. The predicted octanol–water partition coefficient (Wildman–Crippen LogP) is 8.78. The van der Waals surface area contributed by atoms with Gasteiger partial charge in [-0.05, 0) is 67.1 Å². The Kier molecular flexibility index (Phi) is 4.34. The number of aryl methyl sites for hydroxylation is 3. The SMILES string of the molecule is Cc1ccc2oc3c(c2c1)Oc1cc2ncccc2cc1N3c1c(C)cc(C(C)(C)C)cc1C. The monoisotopic (exact) mass is 448 g/mol. The summed E-state index contributed by atoms with van der Waals surface area (Å²) in [6, 6.07) is 19.0. The summed E-state index contributed by atoms with van der Waals surface area (Å²) in [6.45, 7) is 13.2. The minimum atomic E-state index is 0.0703. The molecule has 0 saturated heterocycles. The molecule has 6 rings (SSSR count). The van der Waals surface area contributed by atoms with E-state index in [1.807, 2.05) is 24.4 Å². The summed E-state index contributed by atoms with van der Waals surface area (Å²) in [5.41, 5.74) is 8.76. The molecule has 4 nitrogen and oxygen atoms in total. The second-order valence-electron chi connectivity index (χ2n) is 10.4. The van der Waals surface area contributed by atoms with Crippen molar-refractivity contribution in [3.05, 3.63) is 83.0 Å². The zero-order chi connectivity index (χ0) is 23.8. The summed E-state index contributed by atoms with van der Waals surface area (Å²) in [4.78, 5) is 6.79. The van der Waals surface area contributed by atoms with Gasteiger partial charge in [-0.1, -0.05) is 50.6 Å². The van der Waals surface area contributed by atoms with Crippen molar-refractivity contribution in [1.82, 2.24) is 4.98 Å². The van der Waals surface area contributed by atoms with Crippen molar-refractivity contribution in [2.24, 2.45) is 0 Å². The Bertz CT molecular complexity index is 1580. The number of rotatable bonds is 1. The number of hydrogen-bond acceptors (Lipinski definition) is 4. The molecule has 0 amide bonds. The second-order valence-corrected chi connectivity index (χ2v) is 10.4. The molecular weight excluding hydrogens is 420 g/mol. The van der Waals surface area contributed by atoms with Gasteiger partial charge in [-0.25, -0.2) is 0 Å². The van der Waals surface area contributed by atoms with Crippen LogP contribution >= 0.6 is 0 Å². The van der Waals surface area contributed by atoms with Gasteiger partial charge in [0.25, 0.3) is 0 Å². The third-order valence-corrected chi connectivity index (χ3v) is 6.70. The van der Waals surface area contributed by atoms with Gasteiger partial charge in [0.05, 0.1) is 22.3 Å². The van der Waals surface area contributed by atoms with E-state index in [-0.39, 0.29) is 5.41 Å². The fourth-order valence-electron chi connectivity index (χ4n) is 4.95. The summed E-state index contributed by atoms with van der Waals surface area (Å²) < 4.78 is 13.0. The zero-order valence-electron chi connectivity index (χ0n) is 20.5. The quantitative estimate of drug-likeness (QED) is 0.252. The number of nitrogens with zero attached hydrogens (tertiary/aromatic N) is 2. The van der Waals surface area contributed by atoms with Crippen LogP contribution in [0.3, 0.4) is 0 Å². The standard InChI is InChI=1S/C30H28N2O2/c1-17-9-10-25-22(12-17)28-29(34-25)32(27-18(2)13-21(14-19(27)3)30(4,5)6)24-15-20-8-7-11-31-23(20)16-26(24)33-28/h7-16H,1-6H3. The van der Waals surface area contributed by atoms with Crippen LogP contribution in [-0.2, 0) is 5.41 Å². The van der Waals surface area contributed by atoms with Gasteiger partial charge < -0.3 is 9.15 Å². The molecule has 1 aliphatic heterocycles. The van der Waals surface area contributed by atoms with Crippen LogP contribution in [0.5, 0.6) is 11.5 Å². The van der Waals surface area contributed by atoms with E-state index in [4.69, 9.17) is 9.15 Å². The van der Waals surface area contributed by atoms with Crippen LogP contribution in [0, 0.1) is 20.8 Å². The van der Waals surface area contributed by atoms with Gasteiger partial charge in [-0.15, -0.1) is 0 Å². The molecule has 0 unspecified atom stereocenters. The van der Waals surface area contributed by atoms with Crippen LogP contribution in [0.25, 0.3) is 21.9 Å². The molecule has 0 fully saturated rings. The van der Waals surface area contributed by atoms with Crippen molar-refractivity contribution in [3.63, 3.8) is 0 Å². The van der Waals surface area contributed by atoms with Gasteiger partial charge in [-0.3, -0.25) is 9.88 Å². The van der Waals surface area contributed by atoms with Crippen LogP contribution in [0.2, 0.25) is 0 Å². The van der Waals surface area contributed by atoms with Crippen molar-refractivity contribution in [3.8, 4) is 11.5 Å². The molecule has 5 aromatic rings. The molecule has 0 saturated carbocycles. The highest BCUT2D eigenvalue weighted by molar-refractivity contribution is 6.00. The van der Waals surface area contributed by atoms with Gasteiger partial charge in [0.1, 0.15) is 5.58 Å². The van der Waals surface area contributed by atoms with E-state index in [1.165, 1.54) is 22.3 Å². The first-order chi connectivity index (χ1) is 16.2. The second kappa shape index (κ2) is 7.10. The highest BCUT2D eigenvalue weighted by atomic mass is 16.5. The van der Waals surface area contributed by atoms with E-state index < -0.39 is 0 Å². The molecule has 0 aliphatic carbocycles. The number of aromatic nitrogens is 1. The first-order valence-corrected chi connectivity index (χ1v) is 11.7. The smallest absolute Gasteiger partial charge is 0.249 e. The van der Waals surface area contributed by atoms with Crippen molar-refractivity contribution in [2.45, 2.75) is 47.0 Å². The van der Waals surface area contributed by atoms with E-state index in [1.54, 1.807) is 0 Å². The molecule has 4 heteroatoms. The number of furan rings is 1. The van der Waals surface area contributed by atoms with Crippen LogP contribution < -0.4 is 9.64 Å². The van der Waals surface area contributed by atoms with Gasteiger partial charge in [0.15, 0.2) is 11.5 Å². The van der Waals surface area contributed by atoms with E-state index in [0.717, 1.165) is 44.7 Å². The predicted molar refractivity (Wildman–Crippen MR) is 139 cm³/mol. The molecule has 0 bridgehead atoms.